The molecular formula is C29H37N3O7. The van der Waals surface area contributed by atoms with Gasteiger partial charge in [-0.05, 0) is 87.7 Å². The first-order valence-corrected chi connectivity index (χ1v) is 13.6. The number of anilines is 1. The first-order chi connectivity index (χ1) is 18.4. The van der Waals surface area contributed by atoms with Crippen LogP contribution in [0.3, 0.4) is 0 Å². The highest BCUT2D eigenvalue weighted by Crippen LogP contribution is 2.53. The Hall–Kier alpha value is -3.37. The van der Waals surface area contributed by atoms with Gasteiger partial charge in [-0.25, -0.2) is 0 Å². The topological polar surface area (TPSA) is 165 Å². The van der Waals surface area contributed by atoms with E-state index in [4.69, 9.17) is 5.73 Å². The number of piperidine rings is 1. The summed E-state index contributed by atoms with van der Waals surface area (Å²) in [6, 6.07) is 1.94. The van der Waals surface area contributed by atoms with Crippen LogP contribution in [0.2, 0.25) is 0 Å². The summed E-state index contributed by atoms with van der Waals surface area (Å²) in [5, 5.41) is 45.1. The van der Waals surface area contributed by atoms with Gasteiger partial charge >= 0.3 is 0 Å². The Bertz CT molecular complexity index is 1320. The highest BCUT2D eigenvalue weighted by molar-refractivity contribution is 6.22. The maximum Gasteiger partial charge on any atom is 0.255 e. The van der Waals surface area contributed by atoms with Gasteiger partial charge in [-0.3, -0.25) is 14.4 Å². The summed E-state index contributed by atoms with van der Waals surface area (Å²) in [5.41, 5.74) is 4.14. The minimum absolute atomic E-state index is 0.0923. The van der Waals surface area contributed by atoms with Crippen molar-refractivity contribution in [1.82, 2.24) is 4.90 Å². The molecule has 0 aromatic heterocycles. The number of carbonyl (C=O) groups excluding carboxylic acids is 3. The largest absolute Gasteiger partial charge is 0.508 e. The van der Waals surface area contributed by atoms with Crippen LogP contribution in [-0.4, -0.2) is 82.6 Å². The lowest BCUT2D eigenvalue weighted by atomic mass is 9.59. The average Bonchev–Trinajstić information content (AvgIpc) is 2.86. The van der Waals surface area contributed by atoms with Gasteiger partial charge in [-0.2, -0.15) is 0 Å². The van der Waals surface area contributed by atoms with Crippen LogP contribution in [-0.2, 0) is 27.2 Å². The molecule has 10 nitrogen and oxygen atoms in total. The molecule has 0 spiro atoms. The molecule has 2 fully saturated rings. The third-order valence-corrected chi connectivity index (χ3v) is 9.26. The van der Waals surface area contributed by atoms with Gasteiger partial charge in [0.1, 0.15) is 22.8 Å². The van der Waals surface area contributed by atoms with Gasteiger partial charge in [0.15, 0.2) is 11.4 Å². The summed E-state index contributed by atoms with van der Waals surface area (Å²) in [7, 11) is 5.87. The maximum atomic E-state index is 13.8. The van der Waals surface area contributed by atoms with E-state index in [1.807, 2.05) is 25.1 Å². The monoisotopic (exact) mass is 539 g/mol. The molecule has 1 saturated heterocycles. The number of ketones is 2. The van der Waals surface area contributed by atoms with Crippen LogP contribution in [0.1, 0.15) is 48.8 Å². The number of hydrogen-bond donors (Lipinski definition) is 5. The zero-order chi connectivity index (χ0) is 28.4. The van der Waals surface area contributed by atoms with Crippen LogP contribution in [0.15, 0.2) is 23.0 Å². The Balaban J connectivity index is 1.58. The van der Waals surface area contributed by atoms with E-state index in [0.29, 0.717) is 29.9 Å². The van der Waals surface area contributed by atoms with E-state index in [0.717, 1.165) is 38.0 Å². The van der Waals surface area contributed by atoms with E-state index < -0.39 is 52.0 Å². The zero-order valence-corrected chi connectivity index (χ0v) is 22.7. The quantitative estimate of drug-likeness (QED) is 0.351. The number of likely N-dealkylation sites (tertiary alicyclic amines) is 1. The summed E-state index contributed by atoms with van der Waals surface area (Å²) >= 11 is 0. The minimum Gasteiger partial charge on any atom is -0.508 e. The van der Waals surface area contributed by atoms with Crippen molar-refractivity contribution in [1.29, 1.82) is 0 Å². The van der Waals surface area contributed by atoms with Crippen molar-refractivity contribution in [3.63, 3.8) is 0 Å². The molecule has 10 heteroatoms. The van der Waals surface area contributed by atoms with Crippen molar-refractivity contribution in [3.05, 3.63) is 39.7 Å². The maximum absolute atomic E-state index is 13.8. The molecule has 0 radical (unpaired) electrons. The Morgan fingerprint density at radius 2 is 1.82 bits per heavy atom. The second-order valence-corrected chi connectivity index (χ2v) is 11.8. The number of fused-ring (bicyclic) bond motifs is 3. The van der Waals surface area contributed by atoms with Crippen molar-refractivity contribution < 1.29 is 34.8 Å². The van der Waals surface area contributed by atoms with Gasteiger partial charge < -0.3 is 36.0 Å². The van der Waals surface area contributed by atoms with E-state index in [1.165, 1.54) is 0 Å². The normalized spacial score (nSPS) is 27.8. The molecule has 1 amide bonds. The fourth-order valence-electron chi connectivity index (χ4n) is 7.02. The molecule has 210 valence electrons. The van der Waals surface area contributed by atoms with Gasteiger partial charge in [-0.15, -0.1) is 0 Å². The van der Waals surface area contributed by atoms with Crippen molar-refractivity contribution in [2.45, 2.75) is 50.5 Å². The van der Waals surface area contributed by atoms with Crippen LogP contribution in [0, 0.1) is 17.8 Å². The molecule has 1 saturated carbocycles. The predicted molar refractivity (Wildman–Crippen MR) is 144 cm³/mol. The van der Waals surface area contributed by atoms with Crippen LogP contribution >= 0.6 is 0 Å². The number of phenolic OH excluding ortho intramolecular Hbond substituents is 1. The number of nitrogens with zero attached hydrogens (tertiary/aromatic N) is 2. The van der Waals surface area contributed by atoms with Crippen molar-refractivity contribution in [3.8, 4) is 5.75 Å². The zero-order valence-electron chi connectivity index (χ0n) is 22.7. The number of aliphatic hydroxyl groups is 3. The molecule has 1 aromatic carbocycles. The fraction of sp³-hybridized carbons (Fsp3) is 0.552. The molecule has 1 aliphatic heterocycles. The third kappa shape index (κ3) is 4.21. The van der Waals surface area contributed by atoms with Crippen LogP contribution < -0.4 is 10.6 Å². The number of carbonyl (C=O) groups is 3. The first-order valence-electron chi connectivity index (χ1n) is 13.6. The van der Waals surface area contributed by atoms with E-state index in [2.05, 4.69) is 11.9 Å². The Kier molecular flexibility index (Phi) is 6.75. The molecule has 6 N–H and O–H groups in total. The van der Waals surface area contributed by atoms with Crippen LogP contribution in [0.4, 0.5) is 5.69 Å². The highest BCUT2D eigenvalue weighted by Gasteiger charge is 2.60. The SMILES string of the molecule is CN1CCC(CCc2cc(N(C)C)c3c(c2O)C(O)=C2C(=O)[C@]4(O)C(O)=C(C(N)=O)C(=O)C[C@@H]4C[C@@H]2C3)CC1. The molecule has 3 aliphatic carbocycles. The van der Waals surface area contributed by atoms with Crippen LogP contribution in [0.25, 0.3) is 5.76 Å². The highest BCUT2D eigenvalue weighted by atomic mass is 16.3. The molecule has 0 bridgehead atoms. The Labute approximate surface area is 227 Å². The summed E-state index contributed by atoms with van der Waals surface area (Å²) in [6.45, 7) is 2.07. The van der Waals surface area contributed by atoms with Gasteiger partial charge in [0, 0.05) is 37.7 Å². The molecule has 5 rings (SSSR count). The molecule has 4 aliphatic rings. The lowest BCUT2D eigenvalue weighted by molar-refractivity contribution is -0.147. The number of aryl methyl sites for hydroxylation is 1. The number of primary amides is 1. The number of hydrogen-bond acceptors (Lipinski definition) is 9. The van der Waals surface area contributed by atoms with E-state index in [9.17, 15) is 34.8 Å². The average molecular weight is 540 g/mol. The fourth-order valence-corrected chi connectivity index (χ4v) is 7.02. The summed E-state index contributed by atoms with van der Waals surface area (Å²) in [6.07, 6.45) is 3.74. The first kappa shape index (κ1) is 27.2. The smallest absolute Gasteiger partial charge is 0.255 e. The van der Waals surface area contributed by atoms with Gasteiger partial charge in [-0.1, -0.05) is 0 Å². The lowest BCUT2D eigenvalue weighted by Gasteiger charge is -2.46. The number of aliphatic hydroxyl groups excluding tert-OH is 2. The van der Waals surface area contributed by atoms with Gasteiger partial charge in [0.25, 0.3) is 5.91 Å². The third-order valence-electron chi connectivity index (χ3n) is 9.26. The Morgan fingerprint density at radius 1 is 1.15 bits per heavy atom. The van der Waals surface area contributed by atoms with Crippen molar-refractivity contribution in [2.24, 2.45) is 23.5 Å². The van der Waals surface area contributed by atoms with E-state index in [1.54, 1.807) is 0 Å². The number of benzene rings is 1. The second kappa shape index (κ2) is 9.67. The van der Waals surface area contributed by atoms with Gasteiger partial charge in [0.05, 0.1) is 5.56 Å². The summed E-state index contributed by atoms with van der Waals surface area (Å²) in [4.78, 5) is 42.4. The molecular weight excluding hydrogens is 502 g/mol. The molecule has 0 unspecified atom stereocenters. The summed E-state index contributed by atoms with van der Waals surface area (Å²) in [5.74, 6) is -5.51. The van der Waals surface area contributed by atoms with Crippen molar-refractivity contribution >= 4 is 28.9 Å². The molecule has 1 aromatic rings. The molecule has 3 atom stereocenters. The predicted octanol–water partition coefficient (Wildman–Crippen LogP) is 1.76. The number of Topliss-reactive ketones (excluding diaryl/α,β-unsaturated/α-hetero) is 2. The van der Waals surface area contributed by atoms with Crippen molar-refractivity contribution in [2.75, 3.05) is 39.1 Å². The Morgan fingerprint density at radius 3 is 2.44 bits per heavy atom. The molecule has 39 heavy (non-hydrogen) atoms. The number of amides is 1. The van der Waals surface area contributed by atoms with Gasteiger partial charge in [0.2, 0.25) is 5.78 Å². The standard InChI is InChI=1S/C29H37N3O7/c1-31(2)19-12-15(5-4-14-6-8-32(3)9-7-14)24(34)22-18(19)11-16-10-17-13-20(33)23(28(30)38)27(37)29(17,39)26(36)21(16)25(22)35/h12,14,16-17,34-35,37,39H,4-11,13H2,1-3H3,(H2,30,38)/t16-,17+,29+/m1/s1. The second-order valence-electron chi connectivity index (χ2n) is 11.8. The van der Waals surface area contributed by atoms with Crippen LogP contribution in [0.5, 0.6) is 5.75 Å². The number of nitrogens with two attached hydrogens (primary N) is 1. The lowest BCUT2D eigenvalue weighted by Crippen LogP contribution is -2.58. The number of aromatic hydroxyl groups is 1. The molecule has 1 heterocycles. The summed E-state index contributed by atoms with van der Waals surface area (Å²) < 4.78 is 0. The van der Waals surface area contributed by atoms with E-state index >= 15 is 0 Å². The minimum atomic E-state index is -2.55. The number of phenols is 1. The van der Waals surface area contributed by atoms with E-state index in [-0.39, 0.29) is 29.7 Å². The number of rotatable bonds is 5.